The van der Waals surface area contributed by atoms with Gasteiger partial charge in [0.2, 0.25) is 17.3 Å². The minimum atomic E-state index is -2.18. The van der Waals surface area contributed by atoms with Gasteiger partial charge < -0.3 is 25.0 Å². The molecule has 3 atom stereocenters. The fourth-order valence-corrected chi connectivity index (χ4v) is 2.63. The van der Waals surface area contributed by atoms with Crippen LogP contribution in [0, 0.1) is 5.92 Å². The summed E-state index contributed by atoms with van der Waals surface area (Å²) in [4.78, 5) is 16.7. The van der Waals surface area contributed by atoms with Gasteiger partial charge in [0.15, 0.2) is 0 Å². The molecule has 1 aliphatic heterocycles. The molecular formula is C16H22N2O5. The molecule has 7 nitrogen and oxygen atoms in total. The maximum atomic E-state index is 12.5. The van der Waals surface area contributed by atoms with Gasteiger partial charge in [-0.25, -0.2) is 4.99 Å². The van der Waals surface area contributed by atoms with E-state index in [9.17, 15) is 15.0 Å². The highest BCUT2D eigenvalue weighted by Gasteiger charge is 2.56. The maximum Gasteiger partial charge on any atom is 0.278 e. The van der Waals surface area contributed by atoms with Crippen molar-refractivity contribution in [2.75, 3.05) is 14.2 Å². The smallest absolute Gasteiger partial charge is 0.278 e. The molecule has 0 radical (unpaired) electrons. The number of ether oxygens (including phenoxy) is 2. The van der Waals surface area contributed by atoms with E-state index in [0.29, 0.717) is 5.56 Å². The maximum absolute atomic E-state index is 12.5. The lowest BCUT2D eigenvalue weighted by Gasteiger charge is -2.43. The number of nitrogens with one attached hydrogen (secondary N) is 1. The van der Waals surface area contributed by atoms with Crippen LogP contribution < -0.4 is 5.32 Å². The first kappa shape index (κ1) is 17.4. The van der Waals surface area contributed by atoms with E-state index in [-0.39, 0.29) is 11.8 Å². The quantitative estimate of drug-likeness (QED) is 0.753. The lowest BCUT2D eigenvalue weighted by atomic mass is 9.91. The van der Waals surface area contributed by atoms with E-state index >= 15 is 0 Å². The number of aliphatic imine (C=N–C) groups is 1. The summed E-state index contributed by atoms with van der Waals surface area (Å²) in [6, 6.07) is 8.46. The zero-order valence-electron chi connectivity index (χ0n) is 13.6. The minimum absolute atomic E-state index is 0.219. The molecule has 0 bridgehead atoms. The van der Waals surface area contributed by atoms with E-state index in [0.717, 1.165) is 0 Å². The zero-order valence-corrected chi connectivity index (χ0v) is 13.6. The number of hydrogen-bond donors (Lipinski definition) is 3. The average molecular weight is 322 g/mol. The minimum Gasteiger partial charge on any atom is -0.481 e. The number of amides is 1. The van der Waals surface area contributed by atoms with Gasteiger partial charge in [0.05, 0.1) is 7.11 Å². The van der Waals surface area contributed by atoms with Crippen molar-refractivity contribution in [1.29, 1.82) is 0 Å². The van der Waals surface area contributed by atoms with Gasteiger partial charge in [-0.2, -0.15) is 0 Å². The van der Waals surface area contributed by atoms with Crippen LogP contribution in [-0.4, -0.2) is 47.7 Å². The predicted octanol–water partition coefficient (Wildman–Crippen LogP) is 0.582. The molecule has 0 saturated heterocycles. The van der Waals surface area contributed by atoms with E-state index in [1.54, 1.807) is 44.2 Å². The molecule has 3 N–H and O–H groups in total. The van der Waals surface area contributed by atoms with Crippen LogP contribution in [-0.2, 0) is 14.3 Å². The summed E-state index contributed by atoms with van der Waals surface area (Å²) in [6.45, 7) is 3.52. The Kier molecular flexibility index (Phi) is 4.74. The molecule has 0 aliphatic carbocycles. The van der Waals surface area contributed by atoms with Gasteiger partial charge in [0, 0.05) is 13.0 Å². The van der Waals surface area contributed by atoms with Gasteiger partial charge in [-0.15, -0.1) is 0 Å². The third-order valence-corrected chi connectivity index (χ3v) is 4.02. The Morgan fingerprint density at radius 2 is 1.83 bits per heavy atom. The molecule has 0 aromatic heterocycles. The van der Waals surface area contributed by atoms with Crippen molar-refractivity contribution in [2.45, 2.75) is 31.4 Å². The van der Waals surface area contributed by atoms with Crippen LogP contribution in [0.25, 0.3) is 0 Å². The highest BCUT2D eigenvalue weighted by molar-refractivity contribution is 5.99. The number of nitrogens with zero attached hydrogens (tertiary/aromatic N) is 1. The largest absolute Gasteiger partial charge is 0.481 e. The van der Waals surface area contributed by atoms with E-state index in [1.165, 1.54) is 14.2 Å². The highest BCUT2D eigenvalue weighted by Crippen LogP contribution is 2.34. The molecule has 2 rings (SSSR count). The number of carbonyl (C=O) groups is 1. The first-order valence-corrected chi connectivity index (χ1v) is 7.29. The molecular weight excluding hydrogens is 300 g/mol. The lowest BCUT2D eigenvalue weighted by molar-refractivity contribution is -0.164. The summed E-state index contributed by atoms with van der Waals surface area (Å²) >= 11 is 0. The topological polar surface area (TPSA) is 100 Å². The molecule has 0 spiro atoms. The van der Waals surface area contributed by atoms with Gasteiger partial charge in [-0.1, -0.05) is 44.2 Å². The SMILES string of the molecule is COC1=N[C@](OC)(C(C)C)C(=O)N[C@@]1(O)[C@H](O)c1ccccc1. The Labute approximate surface area is 134 Å². The average Bonchev–Trinajstić information content (AvgIpc) is 2.55. The van der Waals surface area contributed by atoms with Gasteiger partial charge in [-0.05, 0) is 5.56 Å². The summed E-state index contributed by atoms with van der Waals surface area (Å²) in [5.74, 6) is -1.17. The van der Waals surface area contributed by atoms with Crippen molar-refractivity contribution >= 4 is 11.8 Å². The second-order valence-electron chi connectivity index (χ2n) is 5.71. The number of aliphatic hydroxyl groups is 2. The number of aliphatic hydroxyl groups excluding tert-OH is 1. The van der Waals surface area contributed by atoms with Crippen LogP contribution in [0.5, 0.6) is 0 Å². The summed E-state index contributed by atoms with van der Waals surface area (Å²) < 4.78 is 10.4. The van der Waals surface area contributed by atoms with E-state index in [2.05, 4.69) is 10.3 Å². The number of methoxy groups -OCH3 is 2. The molecule has 7 heteroatoms. The summed E-state index contributed by atoms with van der Waals surface area (Å²) in [5.41, 5.74) is -3.28. The van der Waals surface area contributed by atoms with Crippen LogP contribution in [0.2, 0.25) is 0 Å². The van der Waals surface area contributed by atoms with Gasteiger partial charge >= 0.3 is 0 Å². The number of rotatable bonds is 4. The van der Waals surface area contributed by atoms with Crippen molar-refractivity contribution in [1.82, 2.24) is 5.32 Å². The van der Waals surface area contributed by atoms with Gasteiger partial charge in [0.1, 0.15) is 6.10 Å². The van der Waals surface area contributed by atoms with Crippen LogP contribution in [0.4, 0.5) is 0 Å². The Hall–Kier alpha value is -1.96. The molecule has 0 saturated carbocycles. The molecule has 1 aromatic rings. The number of benzene rings is 1. The Balaban J connectivity index is 2.52. The molecule has 126 valence electrons. The van der Waals surface area contributed by atoms with E-state index < -0.39 is 23.5 Å². The second-order valence-corrected chi connectivity index (χ2v) is 5.71. The van der Waals surface area contributed by atoms with Crippen molar-refractivity contribution in [3.05, 3.63) is 35.9 Å². The second kappa shape index (κ2) is 6.27. The fourth-order valence-electron chi connectivity index (χ4n) is 2.63. The summed E-state index contributed by atoms with van der Waals surface area (Å²) in [7, 11) is 2.66. The first-order valence-electron chi connectivity index (χ1n) is 7.29. The summed E-state index contributed by atoms with van der Waals surface area (Å²) in [6.07, 6.45) is -1.45. The van der Waals surface area contributed by atoms with Gasteiger partial charge in [-0.3, -0.25) is 4.79 Å². The van der Waals surface area contributed by atoms with Crippen LogP contribution >= 0.6 is 0 Å². The molecule has 23 heavy (non-hydrogen) atoms. The third-order valence-electron chi connectivity index (χ3n) is 4.02. The molecule has 0 unspecified atom stereocenters. The van der Waals surface area contributed by atoms with Crippen molar-refractivity contribution in [3.8, 4) is 0 Å². The molecule has 1 heterocycles. The highest BCUT2D eigenvalue weighted by atomic mass is 16.5. The Morgan fingerprint density at radius 1 is 1.22 bits per heavy atom. The van der Waals surface area contributed by atoms with Crippen molar-refractivity contribution in [2.24, 2.45) is 10.9 Å². The predicted molar refractivity (Wildman–Crippen MR) is 83.5 cm³/mol. The monoisotopic (exact) mass is 322 g/mol. The van der Waals surface area contributed by atoms with Crippen LogP contribution in [0.15, 0.2) is 35.3 Å². The molecule has 1 aromatic carbocycles. The van der Waals surface area contributed by atoms with Crippen molar-refractivity contribution < 1.29 is 24.5 Å². The van der Waals surface area contributed by atoms with Crippen LogP contribution in [0.1, 0.15) is 25.5 Å². The number of carbonyl (C=O) groups excluding carboxylic acids is 1. The van der Waals surface area contributed by atoms with E-state index in [4.69, 9.17) is 9.47 Å². The molecule has 0 fully saturated rings. The zero-order chi connectivity index (χ0) is 17.3. The molecule has 1 aliphatic rings. The Bertz CT molecular complexity index is 604. The normalized spacial score (nSPS) is 29.0. The van der Waals surface area contributed by atoms with E-state index in [1.807, 2.05) is 0 Å². The first-order chi connectivity index (χ1) is 10.8. The standard InChI is InChI=1S/C16H22N2O5/c1-10(2)16(23-4)13(20)17-15(21,14(18-16)22-3)12(19)11-8-6-5-7-9-11/h5-10,12,19,21H,1-4H3,(H,17,20)/t12-,15-,16+/m1/s1. The van der Waals surface area contributed by atoms with Crippen LogP contribution in [0.3, 0.4) is 0 Å². The fraction of sp³-hybridized carbons (Fsp3) is 0.500. The third kappa shape index (κ3) is 2.71. The lowest BCUT2D eigenvalue weighted by Crippen LogP contribution is -2.69. The summed E-state index contributed by atoms with van der Waals surface area (Å²) in [5, 5.41) is 23.8. The molecule has 1 amide bonds. The Morgan fingerprint density at radius 3 is 2.30 bits per heavy atom. The van der Waals surface area contributed by atoms with Gasteiger partial charge in [0.25, 0.3) is 5.91 Å². The number of hydrogen-bond acceptors (Lipinski definition) is 6. The van der Waals surface area contributed by atoms with Crippen molar-refractivity contribution in [3.63, 3.8) is 0 Å².